The zero-order valence-corrected chi connectivity index (χ0v) is 8.73. The molecule has 6 heteroatoms. The number of halogens is 1. The fraction of sp³-hybridized carbons (Fsp3) is 0.286. The number of H-pyrrole nitrogens is 1. The normalized spacial score (nSPS) is 17.7. The summed E-state index contributed by atoms with van der Waals surface area (Å²) >= 11 is 0. The largest absolute Gasteiger partial charge is 0.340 e. The maximum absolute atomic E-state index is 7.62. The van der Waals surface area contributed by atoms with Crippen LogP contribution < -0.4 is 5.49 Å². The summed E-state index contributed by atoms with van der Waals surface area (Å²) in [5, 5.41) is 7.48. The predicted molar refractivity (Wildman–Crippen MR) is 58.8 cm³/mol. The van der Waals surface area contributed by atoms with Crippen LogP contribution in [0, 0.1) is 5.41 Å². The molecule has 2 N–H and O–H groups in total. The van der Waals surface area contributed by atoms with Crippen molar-refractivity contribution in [2.45, 2.75) is 13.3 Å². The van der Waals surface area contributed by atoms with Crippen LogP contribution in [-0.4, -0.2) is 19.5 Å². The second kappa shape index (κ2) is 3.86. The quantitative estimate of drug-likeness (QED) is 0.767. The van der Waals surface area contributed by atoms with Gasteiger partial charge in [-0.1, -0.05) is 0 Å². The molecule has 0 spiro atoms. The van der Waals surface area contributed by atoms with E-state index in [9.17, 15) is 0 Å². The van der Waals surface area contributed by atoms with Crippen molar-refractivity contribution < 1.29 is 6.85 Å². The molecule has 0 atom stereocenters. The third kappa shape index (κ3) is 1.58. The van der Waals surface area contributed by atoms with Gasteiger partial charge in [-0.3, -0.25) is 5.41 Å². The summed E-state index contributed by atoms with van der Waals surface area (Å²) in [5.41, 5.74) is 0.127. The molecule has 70 valence electrons. The van der Waals surface area contributed by atoms with Crippen LogP contribution >= 0.6 is 24.0 Å². The lowest BCUT2D eigenvalue weighted by atomic mass is 10.5. The monoisotopic (exact) mass is 296 g/mol. The van der Waals surface area contributed by atoms with Crippen LogP contribution in [0.5, 0.6) is 0 Å². The zero-order chi connectivity index (χ0) is 12.8. The summed E-state index contributed by atoms with van der Waals surface area (Å²) in [7, 11) is 0. The Kier molecular flexibility index (Phi) is 1.51. The summed E-state index contributed by atoms with van der Waals surface area (Å²) in [6.07, 6.45) is 2.23. The van der Waals surface area contributed by atoms with Gasteiger partial charge in [-0.05, 0) is 6.85 Å². The Morgan fingerprint density at radius 1 is 1.77 bits per heavy atom. The number of aromatic amines is 1. The van der Waals surface area contributed by atoms with Gasteiger partial charge in [0.05, 0.1) is 12.7 Å². The molecular weight excluding hydrogens is 281 g/mol. The summed E-state index contributed by atoms with van der Waals surface area (Å²) in [6.45, 7) is -5.49. The second-order valence-corrected chi connectivity index (χ2v) is 2.18. The topological polar surface area (TPSA) is 70.3 Å². The summed E-state index contributed by atoms with van der Waals surface area (Å²) in [6, 6.07) is 0. The highest BCUT2D eigenvalue weighted by atomic mass is 127. The lowest BCUT2D eigenvalue weighted by Crippen LogP contribution is -2.11. The molecule has 0 radical (unpaired) electrons. The molecule has 2 rings (SSSR count). The highest BCUT2D eigenvalue weighted by molar-refractivity contribution is 14.0. The van der Waals surface area contributed by atoms with Gasteiger partial charge in [0.2, 0.25) is 0 Å². The molecule has 5 nitrogen and oxygen atoms in total. The van der Waals surface area contributed by atoms with Crippen molar-refractivity contribution in [2.24, 2.45) is 0 Å². The van der Waals surface area contributed by atoms with Crippen LogP contribution in [0.1, 0.15) is 13.7 Å². The van der Waals surface area contributed by atoms with Gasteiger partial charge in [-0.15, -0.1) is 24.0 Å². The van der Waals surface area contributed by atoms with Crippen LogP contribution in [0.25, 0.3) is 11.2 Å². The number of hydrogen-bond donors (Lipinski definition) is 2. The van der Waals surface area contributed by atoms with Gasteiger partial charge in [0.25, 0.3) is 0 Å². The minimum atomic E-state index is -2.85. The van der Waals surface area contributed by atoms with E-state index in [2.05, 4.69) is 15.0 Å². The number of imidazole rings is 1. The molecule has 0 aromatic carbocycles. The first-order chi connectivity index (χ1) is 7.75. The molecule has 0 saturated carbocycles. The Morgan fingerprint density at radius 2 is 2.62 bits per heavy atom. The van der Waals surface area contributed by atoms with Gasteiger partial charge in [-0.25, -0.2) is 9.97 Å². The van der Waals surface area contributed by atoms with E-state index in [4.69, 9.17) is 12.3 Å². The van der Waals surface area contributed by atoms with E-state index in [1.165, 1.54) is 6.33 Å². The first-order valence-corrected chi connectivity index (χ1v) is 3.21. The standard InChI is InChI=1S/C7H9N5.HI/c1-2-12-4-11-6(8)5-7(12)10-3-9-5;/h3-4,8H,2H2,1H3,(H,9,10);1H/i1D3,2D2;. The maximum atomic E-state index is 7.62. The van der Waals surface area contributed by atoms with Crippen molar-refractivity contribution in [1.29, 1.82) is 5.41 Å². The fourth-order valence-corrected chi connectivity index (χ4v) is 0.961. The first kappa shape index (κ1) is 5.08. The number of fused-ring (bicyclic) bond motifs is 1. The van der Waals surface area contributed by atoms with Gasteiger partial charge >= 0.3 is 0 Å². The Bertz CT molecular complexity index is 614. The first-order valence-electron chi connectivity index (χ1n) is 5.71. The highest BCUT2D eigenvalue weighted by Crippen LogP contribution is 2.01. The lowest BCUT2D eigenvalue weighted by molar-refractivity contribution is 0.752. The van der Waals surface area contributed by atoms with Crippen LogP contribution in [0.2, 0.25) is 0 Å². The van der Waals surface area contributed by atoms with Gasteiger partial charge < -0.3 is 9.55 Å². The van der Waals surface area contributed by atoms with E-state index in [0.717, 1.165) is 10.9 Å². The third-order valence-electron chi connectivity index (χ3n) is 1.51. The van der Waals surface area contributed by atoms with Crippen LogP contribution in [0.4, 0.5) is 0 Å². The molecule has 0 saturated heterocycles. The average Bonchev–Trinajstić information content (AvgIpc) is 2.65. The van der Waals surface area contributed by atoms with Crippen molar-refractivity contribution in [2.75, 3.05) is 0 Å². The Morgan fingerprint density at radius 3 is 3.38 bits per heavy atom. The summed E-state index contributed by atoms with van der Waals surface area (Å²) < 4.78 is 37.6. The number of rotatable bonds is 1. The van der Waals surface area contributed by atoms with E-state index < -0.39 is 13.3 Å². The fourth-order valence-electron chi connectivity index (χ4n) is 0.961. The van der Waals surface area contributed by atoms with Gasteiger partial charge in [0, 0.05) is 13.4 Å². The van der Waals surface area contributed by atoms with E-state index in [-0.39, 0.29) is 40.6 Å². The number of nitrogens with one attached hydrogen (secondary N) is 2. The summed E-state index contributed by atoms with van der Waals surface area (Å²) in [4.78, 5) is 10.1. The Labute approximate surface area is 98.8 Å². The van der Waals surface area contributed by atoms with Crippen molar-refractivity contribution in [1.82, 2.24) is 19.5 Å². The Balaban J connectivity index is 0.00000162. The van der Waals surface area contributed by atoms with E-state index >= 15 is 0 Å². The van der Waals surface area contributed by atoms with E-state index in [0.29, 0.717) is 0 Å². The molecule has 2 heterocycles. The molecule has 2 aromatic heterocycles. The molecule has 0 bridgehead atoms. The minimum absolute atomic E-state index is 0. The van der Waals surface area contributed by atoms with E-state index in [1.807, 2.05) is 0 Å². The van der Waals surface area contributed by atoms with Crippen molar-refractivity contribution in [3.05, 3.63) is 18.1 Å². The van der Waals surface area contributed by atoms with Gasteiger partial charge in [0.1, 0.15) is 5.52 Å². The number of aromatic nitrogens is 4. The molecular formula is C7H10IN5. The molecule has 13 heavy (non-hydrogen) atoms. The van der Waals surface area contributed by atoms with Gasteiger partial charge in [-0.2, -0.15) is 0 Å². The molecule has 0 fully saturated rings. The van der Waals surface area contributed by atoms with Crippen LogP contribution in [0.3, 0.4) is 0 Å². The number of hydrogen-bond acceptors (Lipinski definition) is 3. The van der Waals surface area contributed by atoms with Crippen LogP contribution in [0.15, 0.2) is 12.7 Å². The minimum Gasteiger partial charge on any atom is -0.340 e. The Hall–Kier alpha value is -0.920. The SMILES string of the molecule is I.[2H]C([2H])([2H])C([2H])([2H])n1cnc(=N)c2[nH]cnc21. The van der Waals surface area contributed by atoms with Gasteiger partial charge in [0.15, 0.2) is 11.1 Å². The molecule has 0 amide bonds. The van der Waals surface area contributed by atoms with Crippen LogP contribution in [-0.2, 0) is 6.50 Å². The molecule has 0 unspecified atom stereocenters. The molecule has 0 aliphatic rings. The average molecular weight is 296 g/mol. The third-order valence-corrected chi connectivity index (χ3v) is 1.51. The predicted octanol–water partition coefficient (Wildman–Crippen LogP) is 0.877. The number of aryl methyl sites for hydroxylation is 1. The smallest absolute Gasteiger partial charge is 0.173 e. The molecule has 0 aliphatic carbocycles. The number of nitrogens with zero attached hydrogens (tertiary/aromatic N) is 3. The molecule has 0 aliphatic heterocycles. The zero-order valence-electron chi connectivity index (χ0n) is 11.4. The van der Waals surface area contributed by atoms with Crippen molar-refractivity contribution in [3.63, 3.8) is 0 Å². The van der Waals surface area contributed by atoms with E-state index in [1.54, 1.807) is 0 Å². The lowest BCUT2D eigenvalue weighted by Gasteiger charge is -2.00. The summed E-state index contributed by atoms with van der Waals surface area (Å²) in [5.74, 6) is 0. The van der Waals surface area contributed by atoms with Crippen molar-refractivity contribution in [3.8, 4) is 0 Å². The second-order valence-electron chi connectivity index (χ2n) is 2.18. The van der Waals surface area contributed by atoms with Crippen molar-refractivity contribution >= 4 is 35.1 Å². The molecule has 2 aromatic rings. The maximum Gasteiger partial charge on any atom is 0.173 e. The highest BCUT2D eigenvalue weighted by Gasteiger charge is 2.01.